The highest BCUT2D eigenvalue weighted by atomic mass is 79.9. The van der Waals surface area contributed by atoms with E-state index in [0.29, 0.717) is 11.3 Å². The molecule has 0 aliphatic carbocycles. The van der Waals surface area contributed by atoms with Gasteiger partial charge in [-0.3, -0.25) is 0 Å². The first kappa shape index (κ1) is 15.8. The molecule has 0 bridgehead atoms. The van der Waals surface area contributed by atoms with Crippen molar-refractivity contribution in [3.05, 3.63) is 75.8 Å². The second-order valence-corrected chi connectivity index (χ2v) is 6.53. The van der Waals surface area contributed by atoms with Gasteiger partial charge in [0.1, 0.15) is 5.76 Å². The van der Waals surface area contributed by atoms with Crippen LogP contribution in [0.2, 0.25) is 0 Å². The van der Waals surface area contributed by atoms with Gasteiger partial charge in [-0.1, -0.05) is 65.3 Å². The maximum atomic E-state index is 10.3. The van der Waals surface area contributed by atoms with Gasteiger partial charge in [-0.25, -0.2) is 0 Å². The summed E-state index contributed by atoms with van der Waals surface area (Å²) in [6.07, 6.45) is -0.948. The number of aliphatic hydroxyl groups is 1. The Bertz CT molecular complexity index is 762. The number of hydrogen-bond acceptors (Lipinski definition) is 3. The molecule has 0 amide bonds. The van der Waals surface area contributed by atoms with Crippen LogP contribution in [0.4, 0.5) is 0 Å². The van der Waals surface area contributed by atoms with Gasteiger partial charge >= 0.3 is 0 Å². The van der Waals surface area contributed by atoms with E-state index in [2.05, 4.69) is 22.0 Å². The van der Waals surface area contributed by atoms with Gasteiger partial charge in [-0.15, -0.1) is 0 Å². The van der Waals surface area contributed by atoms with Crippen molar-refractivity contribution in [3.63, 3.8) is 0 Å². The molecule has 23 heavy (non-hydrogen) atoms. The van der Waals surface area contributed by atoms with E-state index < -0.39 is 6.29 Å². The van der Waals surface area contributed by atoms with Crippen LogP contribution in [-0.4, -0.2) is 11.4 Å². The van der Waals surface area contributed by atoms with Crippen LogP contribution >= 0.6 is 15.9 Å². The van der Waals surface area contributed by atoms with Crippen molar-refractivity contribution < 1.29 is 9.84 Å². The van der Waals surface area contributed by atoms with Crippen LogP contribution in [0.5, 0.6) is 0 Å². The molecule has 0 saturated heterocycles. The third-order valence-electron chi connectivity index (χ3n) is 4.16. The summed E-state index contributed by atoms with van der Waals surface area (Å²) in [5.41, 5.74) is 2.35. The minimum absolute atomic E-state index is 0.202. The molecule has 0 fully saturated rings. The van der Waals surface area contributed by atoms with E-state index in [9.17, 15) is 10.4 Å². The molecule has 3 rings (SSSR count). The standard InChI is InChI=1S/C19H16BrNO2/c1-12-17(13-7-9-15(20)10-8-13)16(11-21)18(23-19(12)22)14-5-3-2-4-6-14/h2-10,12,17,19,22H,1H3/t12-,17+,19+/m1/s1. The van der Waals surface area contributed by atoms with Crippen molar-refractivity contribution >= 4 is 21.7 Å². The Morgan fingerprint density at radius 1 is 1.09 bits per heavy atom. The Morgan fingerprint density at radius 2 is 1.74 bits per heavy atom. The lowest BCUT2D eigenvalue weighted by molar-refractivity contribution is -0.0896. The molecule has 0 aromatic heterocycles. The zero-order valence-electron chi connectivity index (χ0n) is 12.6. The molecule has 3 atom stereocenters. The summed E-state index contributed by atoms with van der Waals surface area (Å²) in [5.74, 6) is 0.0527. The van der Waals surface area contributed by atoms with Crippen molar-refractivity contribution in [1.82, 2.24) is 0 Å². The van der Waals surface area contributed by atoms with Gasteiger partial charge in [0.2, 0.25) is 6.29 Å². The second kappa shape index (κ2) is 6.57. The number of allylic oxidation sites excluding steroid dienone is 1. The number of ether oxygens (including phenoxy) is 1. The monoisotopic (exact) mass is 369 g/mol. The third kappa shape index (κ3) is 3.03. The van der Waals surface area contributed by atoms with E-state index in [1.54, 1.807) is 0 Å². The fraction of sp³-hybridized carbons (Fsp3) is 0.211. The SMILES string of the molecule is C[C@@H]1[C@@H](c2ccc(Br)cc2)C(C#N)=C(c2ccccc2)O[C@@H]1O. The highest BCUT2D eigenvalue weighted by Crippen LogP contribution is 2.43. The van der Waals surface area contributed by atoms with Gasteiger partial charge < -0.3 is 9.84 Å². The minimum atomic E-state index is -0.948. The second-order valence-electron chi connectivity index (χ2n) is 5.62. The number of halogens is 1. The topological polar surface area (TPSA) is 53.2 Å². The summed E-state index contributed by atoms with van der Waals surface area (Å²) in [6.45, 7) is 1.90. The molecule has 0 unspecified atom stereocenters. The fourth-order valence-corrected chi connectivity index (χ4v) is 3.20. The number of rotatable bonds is 2. The van der Waals surface area contributed by atoms with Crippen molar-refractivity contribution in [2.45, 2.75) is 19.1 Å². The molecule has 3 nitrogen and oxygen atoms in total. The van der Waals surface area contributed by atoms with E-state index >= 15 is 0 Å². The molecular weight excluding hydrogens is 354 g/mol. The molecule has 1 aliphatic heterocycles. The highest BCUT2D eigenvalue weighted by Gasteiger charge is 2.38. The lowest BCUT2D eigenvalue weighted by Crippen LogP contribution is -2.32. The number of nitriles is 1. The Morgan fingerprint density at radius 3 is 2.35 bits per heavy atom. The van der Waals surface area contributed by atoms with Gasteiger partial charge in [0.25, 0.3) is 0 Å². The average Bonchev–Trinajstić information content (AvgIpc) is 2.58. The van der Waals surface area contributed by atoms with Crippen molar-refractivity contribution in [3.8, 4) is 6.07 Å². The molecule has 4 heteroatoms. The predicted octanol–water partition coefficient (Wildman–Crippen LogP) is 4.45. The van der Waals surface area contributed by atoms with E-state index in [1.807, 2.05) is 61.5 Å². The van der Waals surface area contributed by atoms with Crippen LogP contribution < -0.4 is 0 Å². The number of nitrogens with zero attached hydrogens (tertiary/aromatic N) is 1. The molecule has 1 heterocycles. The summed E-state index contributed by atoms with van der Waals surface area (Å²) < 4.78 is 6.65. The van der Waals surface area contributed by atoms with Crippen LogP contribution in [0, 0.1) is 17.2 Å². The summed E-state index contributed by atoms with van der Waals surface area (Å²) in [4.78, 5) is 0. The quantitative estimate of drug-likeness (QED) is 0.850. The lowest BCUT2D eigenvalue weighted by atomic mass is 9.78. The molecule has 2 aromatic rings. The van der Waals surface area contributed by atoms with Gasteiger partial charge in [0, 0.05) is 21.9 Å². The summed E-state index contributed by atoms with van der Waals surface area (Å²) >= 11 is 3.43. The Hall–Kier alpha value is -2.09. The van der Waals surface area contributed by atoms with Crippen LogP contribution in [-0.2, 0) is 4.74 Å². The number of hydrogen-bond donors (Lipinski definition) is 1. The van der Waals surface area contributed by atoms with Gasteiger partial charge in [-0.05, 0) is 17.7 Å². The van der Waals surface area contributed by atoms with Gasteiger partial charge in [0.05, 0.1) is 11.6 Å². The molecule has 0 spiro atoms. The first-order valence-electron chi connectivity index (χ1n) is 7.41. The molecule has 116 valence electrons. The van der Waals surface area contributed by atoms with Crippen molar-refractivity contribution in [1.29, 1.82) is 5.26 Å². The summed E-state index contributed by atoms with van der Waals surface area (Å²) in [6, 6.07) is 19.6. The highest BCUT2D eigenvalue weighted by molar-refractivity contribution is 9.10. The van der Waals surface area contributed by atoms with E-state index in [-0.39, 0.29) is 11.8 Å². The molecule has 0 saturated carbocycles. The normalized spacial score (nSPS) is 24.0. The predicted molar refractivity (Wildman–Crippen MR) is 92.1 cm³/mol. The van der Waals surface area contributed by atoms with E-state index in [4.69, 9.17) is 4.74 Å². The van der Waals surface area contributed by atoms with Crippen molar-refractivity contribution in [2.75, 3.05) is 0 Å². The molecule has 0 radical (unpaired) electrons. The molecular formula is C19H16BrNO2. The fourth-order valence-electron chi connectivity index (χ4n) is 2.93. The maximum absolute atomic E-state index is 10.3. The zero-order valence-corrected chi connectivity index (χ0v) is 14.2. The Balaban J connectivity index is 2.15. The van der Waals surface area contributed by atoms with Gasteiger partial charge in [-0.2, -0.15) is 5.26 Å². The van der Waals surface area contributed by atoms with E-state index in [1.165, 1.54) is 0 Å². The maximum Gasteiger partial charge on any atom is 0.200 e. The Labute approximate surface area is 144 Å². The molecule has 2 aromatic carbocycles. The third-order valence-corrected chi connectivity index (χ3v) is 4.68. The van der Waals surface area contributed by atoms with Crippen LogP contribution in [0.1, 0.15) is 24.0 Å². The first-order chi connectivity index (χ1) is 11.1. The molecule has 1 aliphatic rings. The first-order valence-corrected chi connectivity index (χ1v) is 8.21. The average molecular weight is 370 g/mol. The Kier molecular flexibility index (Phi) is 4.51. The van der Waals surface area contributed by atoms with E-state index in [0.717, 1.165) is 15.6 Å². The van der Waals surface area contributed by atoms with Crippen molar-refractivity contribution in [2.24, 2.45) is 5.92 Å². The zero-order chi connectivity index (χ0) is 16.4. The van der Waals surface area contributed by atoms with Crippen LogP contribution in [0.3, 0.4) is 0 Å². The van der Waals surface area contributed by atoms with Crippen LogP contribution in [0.15, 0.2) is 64.6 Å². The van der Waals surface area contributed by atoms with Gasteiger partial charge in [0.15, 0.2) is 0 Å². The molecule has 1 N–H and O–H groups in total. The minimum Gasteiger partial charge on any atom is -0.463 e. The summed E-state index contributed by atoms with van der Waals surface area (Å²) in [7, 11) is 0. The smallest absolute Gasteiger partial charge is 0.200 e. The van der Waals surface area contributed by atoms with Crippen LogP contribution in [0.25, 0.3) is 5.76 Å². The lowest BCUT2D eigenvalue weighted by Gasteiger charge is -2.35. The largest absolute Gasteiger partial charge is 0.463 e. The number of benzene rings is 2. The summed E-state index contributed by atoms with van der Waals surface area (Å²) in [5, 5.41) is 20.1. The number of aliphatic hydroxyl groups excluding tert-OH is 1.